The lowest BCUT2D eigenvalue weighted by Crippen LogP contribution is -2.30. The average Bonchev–Trinajstić information content (AvgIpc) is 2.62. The molecule has 0 aromatic heterocycles. The van der Waals surface area contributed by atoms with Gasteiger partial charge in [-0.1, -0.05) is 11.6 Å². The summed E-state index contributed by atoms with van der Waals surface area (Å²) in [5.74, 6) is -0.229. The van der Waals surface area contributed by atoms with Gasteiger partial charge in [0.15, 0.2) is 6.10 Å². The number of anilines is 1. The lowest BCUT2D eigenvalue weighted by Gasteiger charge is -2.16. The van der Waals surface area contributed by atoms with E-state index in [9.17, 15) is 9.59 Å². The van der Waals surface area contributed by atoms with E-state index in [-0.39, 0.29) is 5.56 Å². The number of halogens is 2. The summed E-state index contributed by atoms with van der Waals surface area (Å²) in [7, 11) is 2.97. The summed E-state index contributed by atoms with van der Waals surface area (Å²) in [5, 5.41) is 3.07. The number of hydrogen-bond donors (Lipinski definition) is 1. The number of carbonyl (C=O) groups excluding carboxylic acids is 2. The molecule has 1 unspecified atom stereocenters. The molecule has 1 N–H and O–H groups in total. The second-order valence-electron chi connectivity index (χ2n) is 5.23. The van der Waals surface area contributed by atoms with Crippen molar-refractivity contribution in [2.45, 2.75) is 13.0 Å². The molecule has 1 amide bonds. The minimum atomic E-state index is -1.04. The van der Waals surface area contributed by atoms with Crippen LogP contribution >= 0.6 is 27.5 Å². The average molecular weight is 443 g/mol. The second kappa shape index (κ2) is 8.91. The normalized spacial score (nSPS) is 11.4. The number of ether oxygens (including phenoxy) is 3. The first-order chi connectivity index (χ1) is 12.3. The van der Waals surface area contributed by atoms with E-state index >= 15 is 0 Å². The molecular weight excluding hydrogens is 426 g/mol. The molecule has 6 nitrogen and oxygen atoms in total. The monoisotopic (exact) mass is 441 g/mol. The molecule has 0 bridgehead atoms. The van der Waals surface area contributed by atoms with Crippen LogP contribution in [0.5, 0.6) is 11.5 Å². The van der Waals surface area contributed by atoms with Crippen molar-refractivity contribution < 1.29 is 23.8 Å². The van der Waals surface area contributed by atoms with E-state index < -0.39 is 18.0 Å². The second-order valence-corrected chi connectivity index (χ2v) is 6.52. The number of benzene rings is 2. The SMILES string of the molecule is COc1ccc(Br)c(C(=O)OC(C)C(=O)Nc2cc(Cl)ccc2OC)c1. The third kappa shape index (κ3) is 4.89. The van der Waals surface area contributed by atoms with Crippen molar-refractivity contribution >= 4 is 45.1 Å². The van der Waals surface area contributed by atoms with Gasteiger partial charge in [-0.05, 0) is 59.3 Å². The predicted molar refractivity (Wildman–Crippen MR) is 102 cm³/mol. The molecule has 138 valence electrons. The van der Waals surface area contributed by atoms with Crippen molar-refractivity contribution in [1.82, 2.24) is 0 Å². The molecule has 0 radical (unpaired) electrons. The lowest BCUT2D eigenvalue weighted by molar-refractivity contribution is -0.123. The first-order valence-corrected chi connectivity index (χ1v) is 8.71. The molecular formula is C18H17BrClNO5. The van der Waals surface area contributed by atoms with E-state index in [4.69, 9.17) is 25.8 Å². The molecule has 26 heavy (non-hydrogen) atoms. The number of rotatable bonds is 6. The Labute approximate surface area is 164 Å². The molecule has 0 heterocycles. The van der Waals surface area contributed by atoms with Gasteiger partial charge < -0.3 is 19.5 Å². The van der Waals surface area contributed by atoms with E-state index in [2.05, 4.69) is 21.2 Å². The fourth-order valence-corrected chi connectivity index (χ4v) is 2.66. The standard InChI is InChI=1S/C18H17BrClNO5/c1-10(17(22)21-15-8-11(20)4-7-16(15)25-3)26-18(23)13-9-12(24-2)5-6-14(13)19/h4-10H,1-3H3,(H,21,22). The number of hydrogen-bond acceptors (Lipinski definition) is 5. The van der Waals surface area contributed by atoms with Crippen LogP contribution < -0.4 is 14.8 Å². The van der Waals surface area contributed by atoms with Crippen LogP contribution in [-0.2, 0) is 9.53 Å². The fraction of sp³-hybridized carbons (Fsp3) is 0.222. The molecule has 0 spiro atoms. The molecule has 2 rings (SSSR count). The van der Waals surface area contributed by atoms with Crippen molar-refractivity contribution in [2.75, 3.05) is 19.5 Å². The molecule has 0 saturated carbocycles. The van der Waals surface area contributed by atoms with Gasteiger partial charge >= 0.3 is 5.97 Å². The van der Waals surface area contributed by atoms with E-state index in [1.165, 1.54) is 27.2 Å². The van der Waals surface area contributed by atoms with Crippen molar-refractivity contribution in [2.24, 2.45) is 0 Å². The third-order valence-electron chi connectivity index (χ3n) is 3.47. The number of amides is 1. The highest BCUT2D eigenvalue weighted by molar-refractivity contribution is 9.10. The first kappa shape index (κ1) is 20.1. The molecule has 2 aromatic rings. The van der Waals surface area contributed by atoms with Gasteiger partial charge in [-0.2, -0.15) is 0 Å². The minimum Gasteiger partial charge on any atom is -0.497 e. The Morgan fingerprint density at radius 3 is 2.50 bits per heavy atom. The van der Waals surface area contributed by atoms with E-state index in [1.54, 1.807) is 30.3 Å². The molecule has 0 fully saturated rings. The number of esters is 1. The molecule has 1 atom stereocenters. The van der Waals surface area contributed by atoms with Crippen LogP contribution in [0.4, 0.5) is 5.69 Å². The zero-order valence-electron chi connectivity index (χ0n) is 14.3. The zero-order chi connectivity index (χ0) is 19.3. The summed E-state index contributed by atoms with van der Waals surface area (Å²) >= 11 is 9.22. The topological polar surface area (TPSA) is 73.9 Å². The van der Waals surface area contributed by atoms with E-state index in [0.29, 0.717) is 26.7 Å². The summed E-state index contributed by atoms with van der Waals surface area (Å²) < 4.78 is 16.0. The smallest absolute Gasteiger partial charge is 0.340 e. The van der Waals surface area contributed by atoms with Gasteiger partial charge in [0.25, 0.3) is 5.91 Å². The van der Waals surface area contributed by atoms with Crippen LogP contribution in [0.3, 0.4) is 0 Å². The molecule has 0 aliphatic rings. The number of methoxy groups -OCH3 is 2. The summed E-state index contributed by atoms with van der Waals surface area (Å²) in [5.41, 5.74) is 0.639. The van der Waals surface area contributed by atoms with Crippen LogP contribution in [0.25, 0.3) is 0 Å². The fourth-order valence-electron chi connectivity index (χ4n) is 2.08. The van der Waals surface area contributed by atoms with Crippen molar-refractivity contribution in [1.29, 1.82) is 0 Å². The van der Waals surface area contributed by atoms with Gasteiger partial charge in [-0.25, -0.2) is 4.79 Å². The van der Waals surface area contributed by atoms with Crippen LogP contribution in [0.2, 0.25) is 5.02 Å². The first-order valence-electron chi connectivity index (χ1n) is 7.54. The van der Waals surface area contributed by atoms with Crippen LogP contribution in [-0.4, -0.2) is 32.2 Å². The largest absolute Gasteiger partial charge is 0.497 e. The zero-order valence-corrected chi connectivity index (χ0v) is 16.7. The van der Waals surface area contributed by atoms with Crippen molar-refractivity contribution in [3.63, 3.8) is 0 Å². The maximum atomic E-state index is 12.3. The lowest BCUT2D eigenvalue weighted by atomic mass is 10.2. The molecule has 8 heteroatoms. The Bertz CT molecular complexity index is 827. The maximum Gasteiger partial charge on any atom is 0.340 e. The van der Waals surface area contributed by atoms with Crippen LogP contribution in [0.1, 0.15) is 17.3 Å². The van der Waals surface area contributed by atoms with Crippen LogP contribution in [0.15, 0.2) is 40.9 Å². The highest BCUT2D eigenvalue weighted by Gasteiger charge is 2.22. The van der Waals surface area contributed by atoms with Gasteiger partial charge in [0.05, 0.1) is 25.5 Å². The molecule has 0 aliphatic carbocycles. The minimum absolute atomic E-state index is 0.254. The van der Waals surface area contributed by atoms with Gasteiger partial charge in [0, 0.05) is 9.50 Å². The highest BCUT2D eigenvalue weighted by atomic mass is 79.9. The number of nitrogens with one attached hydrogen (secondary N) is 1. The van der Waals surface area contributed by atoms with Crippen molar-refractivity contribution in [3.05, 3.63) is 51.5 Å². The van der Waals surface area contributed by atoms with Gasteiger partial charge in [0.1, 0.15) is 11.5 Å². The Hall–Kier alpha value is -2.25. The molecule has 0 saturated heterocycles. The van der Waals surface area contributed by atoms with E-state index in [0.717, 1.165) is 0 Å². The third-order valence-corrected chi connectivity index (χ3v) is 4.39. The summed E-state index contributed by atoms with van der Waals surface area (Å²) in [6, 6.07) is 9.70. The van der Waals surface area contributed by atoms with Crippen molar-refractivity contribution in [3.8, 4) is 11.5 Å². The van der Waals surface area contributed by atoms with E-state index in [1.807, 2.05) is 0 Å². The highest BCUT2D eigenvalue weighted by Crippen LogP contribution is 2.28. The summed E-state index contributed by atoms with van der Waals surface area (Å²) in [6.45, 7) is 1.47. The van der Waals surface area contributed by atoms with Gasteiger partial charge in [-0.3, -0.25) is 4.79 Å². The Balaban J connectivity index is 2.10. The summed E-state index contributed by atoms with van der Waals surface area (Å²) in [6.07, 6.45) is -1.04. The Morgan fingerprint density at radius 1 is 1.12 bits per heavy atom. The molecule has 0 aliphatic heterocycles. The number of carbonyl (C=O) groups is 2. The Kier molecular flexibility index (Phi) is 6.88. The maximum absolute atomic E-state index is 12.3. The quantitative estimate of drug-likeness (QED) is 0.675. The molecule has 2 aromatic carbocycles. The van der Waals surface area contributed by atoms with Gasteiger partial charge in [0.2, 0.25) is 0 Å². The van der Waals surface area contributed by atoms with Gasteiger partial charge in [-0.15, -0.1) is 0 Å². The summed E-state index contributed by atoms with van der Waals surface area (Å²) in [4.78, 5) is 24.7. The predicted octanol–water partition coefficient (Wildman–Crippen LogP) is 4.30. The van der Waals surface area contributed by atoms with Crippen LogP contribution in [0, 0.1) is 0 Å². The Morgan fingerprint density at radius 2 is 1.85 bits per heavy atom.